The lowest BCUT2D eigenvalue weighted by Gasteiger charge is -2.30. The molecule has 172 valence electrons. The third kappa shape index (κ3) is 10.1. The molecule has 0 saturated carbocycles. The van der Waals surface area contributed by atoms with Gasteiger partial charge in [-0.15, -0.1) is 0 Å². The van der Waals surface area contributed by atoms with E-state index in [1.807, 2.05) is 41.5 Å². The SMILES string of the molecule is CC(C)(C)OCC(O)CC1CNC(CN2CCCC2CC(O)COC(C)(C)C)C1. The van der Waals surface area contributed by atoms with Crippen LogP contribution in [0.5, 0.6) is 0 Å². The van der Waals surface area contributed by atoms with E-state index in [4.69, 9.17) is 9.47 Å². The minimum absolute atomic E-state index is 0.204. The summed E-state index contributed by atoms with van der Waals surface area (Å²) >= 11 is 0. The lowest BCUT2D eigenvalue weighted by Crippen LogP contribution is -2.42. The average Bonchev–Trinajstić information content (AvgIpc) is 3.20. The zero-order valence-electron chi connectivity index (χ0n) is 19.6. The van der Waals surface area contributed by atoms with Gasteiger partial charge < -0.3 is 25.0 Å². The summed E-state index contributed by atoms with van der Waals surface area (Å²) in [5.74, 6) is 0.505. The van der Waals surface area contributed by atoms with E-state index in [1.54, 1.807) is 0 Å². The largest absolute Gasteiger partial charge is 0.391 e. The fraction of sp³-hybridized carbons (Fsp3) is 1.00. The molecule has 0 amide bonds. The highest BCUT2D eigenvalue weighted by atomic mass is 16.5. The average molecular weight is 415 g/mol. The van der Waals surface area contributed by atoms with Crippen LogP contribution in [-0.2, 0) is 9.47 Å². The zero-order valence-corrected chi connectivity index (χ0v) is 19.6. The monoisotopic (exact) mass is 414 g/mol. The van der Waals surface area contributed by atoms with Gasteiger partial charge in [0.2, 0.25) is 0 Å². The smallest absolute Gasteiger partial charge is 0.0788 e. The van der Waals surface area contributed by atoms with Crippen molar-refractivity contribution in [3.8, 4) is 0 Å². The van der Waals surface area contributed by atoms with Crippen molar-refractivity contribution < 1.29 is 19.7 Å². The second-order valence-electron chi connectivity index (χ2n) is 11.1. The molecule has 2 fully saturated rings. The topological polar surface area (TPSA) is 74.2 Å². The molecule has 3 N–H and O–H groups in total. The summed E-state index contributed by atoms with van der Waals surface area (Å²) in [5.41, 5.74) is -0.410. The van der Waals surface area contributed by atoms with Crippen LogP contribution in [0.2, 0.25) is 0 Å². The first-order chi connectivity index (χ1) is 13.4. The van der Waals surface area contributed by atoms with Crippen LogP contribution in [-0.4, -0.2) is 83.5 Å². The van der Waals surface area contributed by atoms with Gasteiger partial charge in [0.1, 0.15) is 0 Å². The van der Waals surface area contributed by atoms with E-state index in [0.29, 0.717) is 31.2 Å². The Morgan fingerprint density at radius 2 is 1.55 bits per heavy atom. The number of rotatable bonds is 10. The third-order valence-electron chi connectivity index (χ3n) is 5.83. The summed E-state index contributed by atoms with van der Waals surface area (Å²) in [6, 6.07) is 0.916. The van der Waals surface area contributed by atoms with Crippen LogP contribution in [0.1, 0.15) is 73.6 Å². The predicted molar refractivity (Wildman–Crippen MR) is 117 cm³/mol. The molecule has 2 saturated heterocycles. The van der Waals surface area contributed by atoms with E-state index in [1.165, 1.54) is 6.42 Å². The highest BCUT2D eigenvalue weighted by Gasteiger charge is 2.32. The van der Waals surface area contributed by atoms with Crippen LogP contribution in [0, 0.1) is 5.92 Å². The first kappa shape index (κ1) is 25.0. The maximum Gasteiger partial charge on any atom is 0.0788 e. The van der Waals surface area contributed by atoms with Crippen molar-refractivity contribution in [1.29, 1.82) is 0 Å². The molecule has 0 aromatic rings. The van der Waals surface area contributed by atoms with Gasteiger partial charge in [-0.25, -0.2) is 0 Å². The van der Waals surface area contributed by atoms with Gasteiger partial charge in [0.05, 0.1) is 36.6 Å². The van der Waals surface area contributed by atoms with Crippen molar-refractivity contribution in [1.82, 2.24) is 10.2 Å². The molecule has 2 aliphatic rings. The summed E-state index contributed by atoms with van der Waals surface area (Å²) in [5, 5.41) is 24.3. The number of hydrogen-bond acceptors (Lipinski definition) is 6. The third-order valence-corrected chi connectivity index (χ3v) is 5.83. The standard InChI is InChI=1S/C23H46N2O4/c1-22(2,3)28-15-20(26)11-17-10-18(24-13-17)14-25-9-7-8-19(25)12-21(27)16-29-23(4,5)6/h17-21,24,26-27H,7-16H2,1-6H3. The number of nitrogens with zero attached hydrogens (tertiary/aromatic N) is 1. The van der Waals surface area contributed by atoms with Crippen LogP contribution < -0.4 is 5.32 Å². The molecule has 2 aliphatic heterocycles. The van der Waals surface area contributed by atoms with Crippen molar-refractivity contribution in [2.75, 3.05) is 32.8 Å². The van der Waals surface area contributed by atoms with Crippen molar-refractivity contribution in [2.24, 2.45) is 5.92 Å². The fourth-order valence-electron chi connectivity index (χ4n) is 4.43. The predicted octanol–water partition coefficient (Wildman–Crippen LogP) is 2.56. The molecule has 0 spiro atoms. The second kappa shape index (κ2) is 10.9. The Morgan fingerprint density at radius 1 is 0.966 bits per heavy atom. The summed E-state index contributed by atoms with van der Waals surface area (Å²) < 4.78 is 11.5. The molecule has 0 aliphatic carbocycles. The van der Waals surface area contributed by atoms with Gasteiger partial charge in [-0.05, 0) is 92.7 Å². The maximum atomic E-state index is 10.4. The van der Waals surface area contributed by atoms with Gasteiger partial charge in [-0.3, -0.25) is 4.90 Å². The van der Waals surface area contributed by atoms with Gasteiger partial charge >= 0.3 is 0 Å². The lowest BCUT2D eigenvalue weighted by atomic mass is 9.98. The second-order valence-corrected chi connectivity index (χ2v) is 11.1. The van der Waals surface area contributed by atoms with Gasteiger partial charge in [0.25, 0.3) is 0 Å². The Balaban J connectivity index is 1.70. The molecule has 6 nitrogen and oxygen atoms in total. The lowest BCUT2D eigenvalue weighted by molar-refractivity contribution is -0.0553. The van der Waals surface area contributed by atoms with E-state index in [2.05, 4.69) is 10.2 Å². The van der Waals surface area contributed by atoms with Gasteiger partial charge in [0.15, 0.2) is 0 Å². The molecule has 0 aromatic carbocycles. The maximum absolute atomic E-state index is 10.4. The van der Waals surface area contributed by atoms with Crippen molar-refractivity contribution in [2.45, 2.75) is 109 Å². The number of nitrogens with one attached hydrogen (secondary N) is 1. The summed E-state index contributed by atoms with van der Waals surface area (Å²) in [6.45, 7) is 16.1. The van der Waals surface area contributed by atoms with Gasteiger partial charge in [0, 0.05) is 18.6 Å². The highest BCUT2D eigenvalue weighted by molar-refractivity contribution is 4.89. The molecule has 6 heteroatoms. The van der Waals surface area contributed by atoms with E-state index >= 15 is 0 Å². The molecule has 2 rings (SSSR count). The number of aliphatic hydroxyl groups is 2. The van der Waals surface area contributed by atoms with Crippen LogP contribution >= 0.6 is 0 Å². The van der Waals surface area contributed by atoms with E-state index in [9.17, 15) is 10.2 Å². The Hall–Kier alpha value is -0.240. The minimum Gasteiger partial charge on any atom is -0.391 e. The first-order valence-corrected chi connectivity index (χ1v) is 11.5. The number of aliphatic hydroxyl groups excluding tert-OH is 2. The van der Waals surface area contributed by atoms with E-state index < -0.39 is 12.2 Å². The quantitative estimate of drug-likeness (QED) is 0.510. The van der Waals surface area contributed by atoms with Crippen molar-refractivity contribution in [3.05, 3.63) is 0 Å². The summed E-state index contributed by atoms with van der Waals surface area (Å²) in [6.07, 6.45) is 4.26. The Labute approximate surface area is 178 Å². The molecule has 0 aromatic heterocycles. The molecule has 2 heterocycles. The van der Waals surface area contributed by atoms with Crippen LogP contribution in [0.3, 0.4) is 0 Å². The first-order valence-electron chi connectivity index (χ1n) is 11.5. The molecule has 5 unspecified atom stereocenters. The molecular formula is C23H46N2O4. The Kier molecular flexibility index (Phi) is 9.38. The molecule has 5 atom stereocenters. The summed E-state index contributed by atoms with van der Waals surface area (Å²) in [7, 11) is 0. The summed E-state index contributed by atoms with van der Waals surface area (Å²) in [4.78, 5) is 2.54. The van der Waals surface area contributed by atoms with Crippen molar-refractivity contribution >= 4 is 0 Å². The van der Waals surface area contributed by atoms with E-state index in [0.717, 1.165) is 45.3 Å². The molecular weight excluding hydrogens is 368 g/mol. The minimum atomic E-state index is -0.401. The Morgan fingerprint density at radius 3 is 2.14 bits per heavy atom. The highest BCUT2D eigenvalue weighted by Crippen LogP contribution is 2.26. The fourth-order valence-corrected chi connectivity index (χ4v) is 4.43. The Bertz CT molecular complexity index is 474. The number of hydrogen-bond donors (Lipinski definition) is 3. The molecule has 0 bridgehead atoms. The molecule has 0 radical (unpaired) electrons. The van der Waals surface area contributed by atoms with Crippen LogP contribution in [0.4, 0.5) is 0 Å². The van der Waals surface area contributed by atoms with Gasteiger partial charge in [-0.2, -0.15) is 0 Å². The normalized spacial score (nSPS) is 28.8. The van der Waals surface area contributed by atoms with Crippen LogP contribution in [0.15, 0.2) is 0 Å². The zero-order chi connectivity index (χ0) is 21.7. The number of ether oxygens (including phenoxy) is 2. The van der Waals surface area contributed by atoms with Crippen LogP contribution in [0.25, 0.3) is 0 Å². The van der Waals surface area contributed by atoms with Gasteiger partial charge in [-0.1, -0.05) is 0 Å². The number of likely N-dealkylation sites (tertiary alicyclic amines) is 1. The van der Waals surface area contributed by atoms with Crippen molar-refractivity contribution in [3.63, 3.8) is 0 Å². The van der Waals surface area contributed by atoms with E-state index in [-0.39, 0.29) is 11.2 Å². The molecule has 29 heavy (non-hydrogen) atoms.